The van der Waals surface area contributed by atoms with E-state index < -0.39 is 24.5 Å². The number of nitrogens with one attached hydrogen (secondary N) is 1. The summed E-state index contributed by atoms with van der Waals surface area (Å²) < 4.78 is 9.42. The van der Waals surface area contributed by atoms with Crippen LogP contribution < -0.4 is 5.32 Å². The molecule has 0 unspecified atom stereocenters. The fourth-order valence-corrected chi connectivity index (χ4v) is 2.29. The first-order valence-electron chi connectivity index (χ1n) is 8.71. The molecule has 0 radical (unpaired) electrons. The Hall–Kier alpha value is -2.63. The van der Waals surface area contributed by atoms with Gasteiger partial charge in [-0.15, -0.1) is 0 Å². The summed E-state index contributed by atoms with van der Waals surface area (Å²) in [5.74, 6) is -1.24. The molecule has 0 bridgehead atoms. The van der Waals surface area contributed by atoms with Gasteiger partial charge in [-0.1, -0.05) is 38.1 Å². The van der Waals surface area contributed by atoms with Gasteiger partial charge in [0, 0.05) is 12.2 Å². The minimum atomic E-state index is -0.779. The van der Waals surface area contributed by atoms with Crippen molar-refractivity contribution in [2.45, 2.75) is 40.2 Å². The molecule has 1 aromatic rings. The van der Waals surface area contributed by atoms with Crippen molar-refractivity contribution >= 4 is 17.8 Å². The molecule has 1 rings (SSSR count). The number of carbonyl (C=O) groups is 3. The summed E-state index contributed by atoms with van der Waals surface area (Å²) in [5, 5.41) is 2.77. The Bertz CT molecular complexity index is 634. The highest BCUT2D eigenvalue weighted by molar-refractivity contribution is 5.92. The van der Waals surface area contributed by atoms with E-state index >= 15 is 0 Å². The van der Waals surface area contributed by atoms with Crippen LogP contribution in [-0.2, 0) is 30.3 Å². The van der Waals surface area contributed by atoms with Gasteiger partial charge in [-0.25, -0.2) is 9.59 Å². The number of esters is 2. The molecule has 1 atom stereocenters. The molecule has 0 aliphatic carbocycles. The topological polar surface area (TPSA) is 81.7 Å². The van der Waals surface area contributed by atoms with Gasteiger partial charge in [0.05, 0.1) is 12.6 Å². The normalized spacial score (nSPS) is 12.0. The summed E-state index contributed by atoms with van der Waals surface area (Å²) in [5.41, 5.74) is 2.23. The second-order valence-corrected chi connectivity index (χ2v) is 6.32. The zero-order valence-electron chi connectivity index (χ0n) is 15.8. The Kier molecular flexibility index (Phi) is 9.12. The van der Waals surface area contributed by atoms with E-state index in [2.05, 4.69) is 36.0 Å². The molecule has 0 aromatic heterocycles. The molecule has 1 amide bonds. The van der Waals surface area contributed by atoms with Gasteiger partial charge < -0.3 is 14.8 Å². The van der Waals surface area contributed by atoms with Crippen molar-refractivity contribution in [3.05, 3.63) is 47.5 Å². The molecule has 0 fully saturated rings. The number of carbonyl (C=O) groups excluding carboxylic acids is 3. The molecule has 26 heavy (non-hydrogen) atoms. The Morgan fingerprint density at radius 3 is 2.12 bits per heavy atom. The number of ether oxygens (including phenoxy) is 2. The minimum Gasteiger partial charge on any atom is -0.463 e. The van der Waals surface area contributed by atoms with Crippen LogP contribution in [-0.4, -0.2) is 31.1 Å². The largest absolute Gasteiger partial charge is 0.463 e. The lowest BCUT2D eigenvalue weighted by Gasteiger charge is -2.15. The molecule has 0 aliphatic heterocycles. The van der Waals surface area contributed by atoms with Crippen molar-refractivity contribution in [2.24, 2.45) is 5.92 Å². The van der Waals surface area contributed by atoms with Crippen LogP contribution >= 0.6 is 0 Å². The Labute approximate surface area is 154 Å². The summed E-state index contributed by atoms with van der Waals surface area (Å²) in [6.07, 6.45) is 2.91. The minimum absolute atomic E-state index is 0.204. The molecule has 6 nitrogen and oxygen atoms in total. The first-order valence-corrected chi connectivity index (χ1v) is 8.71. The third kappa shape index (κ3) is 8.46. The van der Waals surface area contributed by atoms with E-state index in [4.69, 9.17) is 4.74 Å². The molecule has 0 heterocycles. The molecule has 6 heteroatoms. The second kappa shape index (κ2) is 11.1. The Balaban J connectivity index is 2.42. The average Bonchev–Trinajstić information content (AvgIpc) is 2.58. The van der Waals surface area contributed by atoms with Crippen molar-refractivity contribution in [3.63, 3.8) is 0 Å². The van der Waals surface area contributed by atoms with Crippen molar-refractivity contribution < 1.29 is 23.9 Å². The van der Waals surface area contributed by atoms with E-state index in [9.17, 15) is 14.4 Å². The third-order valence-corrected chi connectivity index (χ3v) is 3.49. The van der Waals surface area contributed by atoms with Crippen molar-refractivity contribution in [1.82, 2.24) is 5.32 Å². The van der Waals surface area contributed by atoms with E-state index in [-0.39, 0.29) is 12.6 Å². The summed E-state index contributed by atoms with van der Waals surface area (Å²) in [4.78, 5) is 34.4. The number of rotatable bonds is 9. The zero-order chi connectivity index (χ0) is 19.5. The van der Waals surface area contributed by atoms with Crippen LogP contribution in [0.3, 0.4) is 0 Å². The van der Waals surface area contributed by atoms with E-state index in [0.717, 1.165) is 24.1 Å². The lowest BCUT2D eigenvalue weighted by molar-refractivity contribution is -0.144. The van der Waals surface area contributed by atoms with Crippen molar-refractivity contribution in [1.29, 1.82) is 0 Å². The molecular weight excluding hydrogens is 334 g/mol. The van der Waals surface area contributed by atoms with Gasteiger partial charge in [-0.05, 0) is 37.3 Å². The number of hydrogen-bond acceptors (Lipinski definition) is 5. The van der Waals surface area contributed by atoms with E-state index in [1.54, 1.807) is 6.92 Å². The lowest BCUT2D eigenvalue weighted by atomic mass is 10.00. The van der Waals surface area contributed by atoms with Crippen LogP contribution in [0, 0.1) is 5.92 Å². The third-order valence-electron chi connectivity index (χ3n) is 3.49. The molecule has 142 valence electrons. The van der Waals surface area contributed by atoms with Gasteiger partial charge in [0.1, 0.15) is 0 Å². The maximum Gasteiger partial charge on any atom is 0.331 e. The molecular formula is C20H27NO5. The van der Waals surface area contributed by atoms with Crippen LogP contribution in [0.15, 0.2) is 36.4 Å². The predicted octanol–water partition coefficient (Wildman–Crippen LogP) is 2.72. The van der Waals surface area contributed by atoms with Crippen LogP contribution in [0.4, 0.5) is 0 Å². The number of amides is 1. The highest BCUT2D eigenvalue weighted by atomic mass is 16.5. The summed E-state index contributed by atoms with van der Waals surface area (Å²) in [7, 11) is 0. The fourth-order valence-electron chi connectivity index (χ4n) is 2.29. The van der Waals surface area contributed by atoms with Gasteiger partial charge >= 0.3 is 11.9 Å². The van der Waals surface area contributed by atoms with E-state index in [0.29, 0.717) is 5.92 Å². The summed E-state index contributed by atoms with van der Waals surface area (Å²) in [6, 6.07) is 7.87. The molecule has 0 aliphatic rings. The molecule has 1 aromatic carbocycles. The van der Waals surface area contributed by atoms with Crippen LogP contribution in [0.1, 0.15) is 44.9 Å². The zero-order valence-corrected chi connectivity index (χ0v) is 15.8. The summed E-state index contributed by atoms with van der Waals surface area (Å²) >= 11 is 0. The van der Waals surface area contributed by atoms with Crippen LogP contribution in [0.5, 0.6) is 0 Å². The standard InChI is InChI=1S/C20H27NO5/c1-5-25-19(23)10-11-20(24)26-13-18(22)21-15(4)17-8-6-16(7-9-17)12-14(2)3/h6-11,14-15H,5,12-13H2,1-4H3,(H,21,22)/b11-10+/t15-/m1/s1. The van der Waals surface area contributed by atoms with Gasteiger partial charge in [-0.2, -0.15) is 0 Å². The first-order chi connectivity index (χ1) is 12.3. The SMILES string of the molecule is CCOC(=O)/C=C/C(=O)OCC(=O)N[C@H](C)c1ccc(CC(C)C)cc1. The van der Waals surface area contributed by atoms with Crippen LogP contribution in [0.25, 0.3) is 0 Å². The highest BCUT2D eigenvalue weighted by Gasteiger charge is 2.11. The predicted molar refractivity (Wildman–Crippen MR) is 98.3 cm³/mol. The highest BCUT2D eigenvalue weighted by Crippen LogP contribution is 2.15. The lowest BCUT2D eigenvalue weighted by Crippen LogP contribution is -2.30. The molecule has 0 saturated carbocycles. The summed E-state index contributed by atoms with van der Waals surface area (Å²) in [6.45, 7) is 7.66. The maximum atomic E-state index is 11.9. The maximum absolute atomic E-state index is 11.9. The average molecular weight is 361 g/mol. The number of hydrogen-bond donors (Lipinski definition) is 1. The van der Waals surface area contributed by atoms with Crippen molar-refractivity contribution in [3.8, 4) is 0 Å². The Morgan fingerprint density at radius 2 is 1.58 bits per heavy atom. The van der Waals surface area contributed by atoms with Crippen molar-refractivity contribution in [2.75, 3.05) is 13.2 Å². The molecule has 1 N–H and O–H groups in total. The smallest absolute Gasteiger partial charge is 0.331 e. The van der Waals surface area contributed by atoms with Gasteiger partial charge in [0.2, 0.25) is 0 Å². The quantitative estimate of drug-likeness (QED) is 0.540. The molecule has 0 spiro atoms. The van der Waals surface area contributed by atoms with E-state index in [1.165, 1.54) is 5.56 Å². The van der Waals surface area contributed by atoms with Gasteiger partial charge in [0.25, 0.3) is 5.91 Å². The van der Waals surface area contributed by atoms with Crippen LogP contribution in [0.2, 0.25) is 0 Å². The monoisotopic (exact) mass is 361 g/mol. The number of benzene rings is 1. The van der Waals surface area contributed by atoms with Gasteiger partial charge in [-0.3, -0.25) is 4.79 Å². The van der Waals surface area contributed by atoms with Gasteiger partial charge in [0.15, 0.2) is 6.61 Å². The van der Waals surface area contributed by atoms with E-state index in [1.807, 2.05) is 19.1 Å². The second-order valence-electron chi connectivity index (χ2n) is 6.32. The first kappa shape index (κ1) is 21.4. The fraction of sp³-hybridized carbons (Fsp3) is 0.450. The molecule has 0 saturated heterocycles. The Morgan fingerprint density at radius 1 is 1.00 bits per heavy atom.